The van der Waals surface area contributed by atoms with Crippen LogP contribution in [-0.2, 0) is 4.79 Å². The summed E-state index contributed by atoms with van der Waals surface area (Å²) in [7, 11) is 0. The molecule has 0 aromatic heterocycles. The molecule has 0 aromatic rings. The molecule has 1 N–H and O–H groups in total. The summed E-state index contributed by atoms with van der Waals surface area (Å²) in [5.41, 5.74) is 0. The Morgan fingerprint density at radius 1 is 1.73 bits per heavy atom. The van der Waals surface area contributed by atoms with Crippen LogP contribution >= 0.6 is 0 Å². The van der Waals surface area contributed by atoms with Crippen LogP contribution in [0.25, 0.3) is 0 Å². The fourth-order valence-corrected chi connectivity index (χ4v) is 1.21. The zero-order valence-corrected chi connectivity index (χ0v) is 6.79. The molecule has 0 aliphatic heterocycles. The Morgan fingerprint density at radius 3 is 2.73 bits per heavy atom. The van der Waals surface area contributed by atoms with Gasteiger partial charge in [0.2, 0.25) is 0 Å². The summed E-state index contributed by atoms with van der Waals surface area (Å²) in [6.07, 6.45) is 6.88. The molecule has 0 radical (unpaired) electrons. The SMILES string of the molecule is C/C=C/[C@@H](CC1CC1)C(=O)O. The molecule has 1 rings (SSSR count). The van der Waals surface area contributed by atoms with Gasteiger partial charge in [-0.25, -0.2) is 0 Å². The van der Waals surface area contributed by atoms with Crippen molar-refractivity contribution in [3.63, 3.8) is 0 Å². The first-order chi connectivity index (χ1) is 5.24. The van der Waals surface area contributed by atoms with Crippen molar-refractivity contribution < 1.29 is 9.90 Å². The van der Waals surface area contributed by atoms with Crippen LogP contribution in [0.3, 0.4) is 0 Å². The van der Waals surface area contributed by atoms with E-state index >= 15 is 0 Å². The van der Waals surface area contributed by atoms with Crippen molar-refractivity contribution in [1.82, 2.24) is 0 Å². The summed E-state index contributed by atoms with van der Waals surface area (Å²) in [5, 5.41) is 8.73. The van der Waals surface area contributed by atoms with E-state index in [1.807, 2.05) is 13.0 Å². The summed E-state index contributed by atoms with van der Waals surface area (Å²) in [6.45, 7) is 1.86. The van der Waals surface area contributed by atoms with Crippen molar-refractivity contribution in [3.05, 3.63) is 12.2 Å². The highest BCUT2D eigenvalue weighted by Crippen LogP contribution is 2.35. The lowest BCUT2D eigenvalue weighted by Crippen LogP contribution is -2.11. The summed E-state index contributed by atoms with van der Waals surface area (Å²) in [5.74, 6) is -0.241. The minimum atomic E-state index is -0.685. The number of aliphatic carboxylic acids is 1. The normalized spacial score (nSPS) is 20.5. The molecule has 11 heavy (non-hydrogen) atoms. The maximum atomic E-state index is 10.6. The Morgan fingerprint density at radius 2 is 2.36 bits per heavy atom. The third-order valence-electron chi connectivity index (χ3n) is 2.03. The average molecular weight is 154 g/mol. The largest absolute Gasteiger partial charge is 0.481 e. The van der Waals surface area contributed by atoms with Crippen molar-refractivity contribution in [3.8, 4) is 0 Å². The molecule has 0 bridgehead atoms. The van der Waals surface area contributed by atoms with Crippen LogP contribution in [0.1, 0.15) is 26.2 Å². The number of carbonyl (C=O) groups is 1. The van der Waals surface area contributed by atoms with E-state index in [0.717, 1.165) is 6.42 Å². The Labute approximate surface area is 66.9 Å². The summed E-state index contributed by atoms with van der Waals surface area (Å²) >= 11 is 0. The summed E-state index contributed by atoms with van der Waals surface area (Å²) in [6, 6.07) is 0. The molecule has 1 aliphatic carbocycles. The van der Waals surface area contributed by atoms with E-state index < -0.39 is 5.97 Å². The van der Waals surface area contributed by atoms with E-state index in [9.17, 15) is 4.79 Å². The van der Waals surface area contributed by atoms with Gasteiger partial charge in [0.1, 0.15) is 0 Å². The first kappa shape index (κ1) is 8.31. The smallest absolute Gasteiger partial charge is 0.310 e. The number of carboxylic acid groups (broad SMARTS) is 1. The highest BCUT2D eigenvalue weighted by molar-refractivity contribution is 5.72. The lowest BCUT2D eigenvalue weighted by atomic mass is 10.0. The second kappa shape index (κ2) is 3.56. The minimum Gasteiger partial charge on any atom is -0.481 e. The molecule has 62 valence electrons. The van der Waals surface area contributed by atoms with Gasteiger partial charge in [0.15, 0.2) is 0 Å². The lowest BCUT2D eigenvalue weighted by molar-refractivity contribution is -0.140. The van der Waals surface area contributed by atoms with Gasteiger partial charge in [0, 0.05) is 0 Å². The van der Waals surface area contributed by atoms with E-state index in [-0.39, 0.29) is 5.92 Å². The second-order valence-electron chi connectivity index (χ2n) is 3.15. The Kier molecular flexibility index (Phi) is 2.69. The topological polar surface area (TPSA) is 37.3 Å². The molecule has 0 saturated heterocycles. The van der Waals surface area contributed by atoms with Crippen molar-refractivity contribution in [1.29, 1.82) is 0 Å². The monoisotopic (exact) mass is 154 g/mol. The molecule has 0 unspecified atom stereocenters. The van der Waals surface area contributed by atoms with E-state index in [1.165, 1.54) is 12.8 Å². The van der Waals surface area contributed by atoms with Crippen molar-refractivity contribution in [2.45, 2.75) is 26.2 Å². The third-order valence-corrected chi connectivity index (χ3v) is 2.03. The number of allylic oxidation sites excluding steroid dienone is 1. The molecule has 2 nitrogen and oxygen atoms in total. The predicted octanol–water partition coefficient (Wildman–Crippen LogP) is 2.06. The van der Waals surface area contributed by atoms with Crippen molar-refractivity contribution in [2.75, 3.05) is 0 Å². The van der Waals surface area contributed by atoms with Gasteiger partial charge < -0.3 is 5.11 Å². The zero-order chi connectivity index (χ0) is 8.27. The van der Waals surface area contributed by atoms with Gasteiger partial charge in [0.25, 0.3) is 0 Å². The first-order valence-corrected chi connectivity index (χ1v) is 4.09. The van der Waals surface area contributed by atoms with Gasteiger partial charge in [-0.1, -0.05) is 25.0 Å². The van der Waals surface area contributed by atoms with Crippen molar-refractivity contribution in [2.24, 2.45) is 11.8 Å². The molecular weight excluding hydrogens is 140 g/mol. The van der Waals surface area contributed by atoms with E-state index in [4.69, 9.17) is 5.11 Å². The van der Waals surface area contributed by atoms with Crippen LogP contribution in [0, 0.1) is 11.8 Å². The van der Waals surface area contributed by atoms with Gasteiger partial charge in [-0.2, -0.15) is 0 Å². The van der Waals surface area contributed by atoms with E-state index in [0.29, 0.717) is 5.92 Å². The molecule has 1 atom stereocenters. The molecule has 1 fully saturated rings. The van der Waals surface area contributed by atoms with Gasteiger partial charge in [-0.3, -0.25) is 4.79 Å². The highest BCUT2D eigenvalue weighted by atomic mass is 16.4. The first-order valence-electron chi connectivity index (χ1n) is 4.09. The minimum absolute atomic E-state index is 0.243. The van der Waals surface area contributed by atoms with Crippen LogP contribution in [-0.4, -0.2) is 11.1 Å². The van der Waals surface area contributed by atoms with Gasteiger partial charge >= 0.3 is 5.97 Å². The number of rotatable bonds is 4. The van der Waals surface area contributed by atoms with Crippen molar-refractivity contribution >= 4 is 5.97 Å². The molecule has 1 aliphatic rings. The summed E-state index contributed by atoms with van der Waals surface area (Å²) in [4.78, 5) is 10.6. The molecule has 1 saturated carbocycles. The Hall–Kier alpha value is -0.790. The molecular formula is C9H14O2. The predicted molar refractivity (Wildman–Crippen MR) is 43.3 cm³/mol. The average Bonchev–Trinajstić information content (AvgIpc) is 2.70. The lowest BCUT2D eigenvalue weighted by Gasteiger charge is -2.04. The molecule has 0 amide bonds. The standard InChI is InChI=1S/C9H14O2/c1-2-3-8(9(10)11)6-7-4-5-7/h2-3,7-8H,4-6H2,1H3,(H,10,11)/b3-2+/t8-/m0/s1. The number of hydrogen-bond donors (Lipinski definition) is 1. The maximum Gasteiger partial charge on any atom is 0.310 e. The molecule has 2 heteroatoms. The zero-order valence-electron chi connectivity index (χ0n) is 6.79. The Balaban J connectivity index is 2.37. The highest BCUT2D eigenvalue weighted by Gasteiger charge is 2.27. The maximum absolute atomic E-state index is 10.6. The van der Waals surface area contributed by atoms with Gasteiger partial charge in [0.05, 0.1) is 5.92 Å². The fraction of sp³-hybridized carbons (Fsp3) is 0.667. The van der Waals surface area contributed by atoms with Gasteiger partial charge in [-0.15, -0.1) is 0 Å². The quantitative estimate of drug-likeness (QED) is 0.629. The number of hydrogen-bond acceptors (Lipinski definition) is 1. The van der Waals surface area contributed by atoms with Crippen LogP contribution in [0.15, 0.2) is 12.2 Å². The number of carboxylic acids is 1. The molecule has 0 heterocycles. The molecule has 0 aromatic carbocycles. The fourth-order valence-electron chi connectivity index (χ4n) is 1.21. The third kappa shape index (κ3) is 2.74. The summed E-state index contributed by atoms with van der Waals surface area (Å²) < 4.78 is 0. The molecule has 0 spiro atoms. The van der Waals surface area contributed by atoms with Crippen LogP contribution < -0.4 is 0 Å². The van der Waals surface area contributed by atoms with Crippen LogP contribution in [0.4, 0.5) is 0 Å². The Bertz CT molecular complexity index is 168. The van der Waals surface area contributed by atoms with E-state index in [2.05, 4.69) is 0 Å². The van der Waals surface area contributed by atoms with Crippen LogP contribution in [0.2, 0.25) is 0 Å². The van der Waals surface area contributed by atoms with Gasteiger partial charge in [-0.05, 0) is 19.3 Å². The van der Waals surface area contributed by atoms with E-state index in [1.54, 1.807) is 6.08 Å². The van der Waals surface area contributed by atoms with Crippen LogP contribution in [0.5, 0.6) is 0 Å². The second-order valence-corrected chi connectivity index (χ2v) is 3.15.